The largest absolute Gasteiger partial charge is 0.352 e. The molecule has 2 aromatic carbocycles. The third-order valence-corrected chi connectivity index (χ3v) is 5.18. The minimum atomic E-state index is -0.911. The van der Waals surface area contributed by atoms with E-state index in [-0.39, 0.29) is 29.2 Å². The van der Waals surface area contributed by atoms with Gasteiger partial charge in [-0.25, -0.2) is 4.39 Å². The number of amides is 2. The molecule has 1 heterocycles. The van der Waals surface area contributed by atoms with Gasteiger partial charge in [0.25, 0.3) is 0 Å². The molecule has 0 saturated carbocycles. The number of benzene rings is 2. The smallest absolute Gasteiger partial charge is 0.247 e. The van der Waals surface area contributed by atoms with Crippen molar-refractivity contribution in [1.82, 2.24) is 10.2 Å². The second-order valence-corrected chi connectivity index (χ2v) is 8.25. The molecule has 5 heteroatoms. The summed E-state index contributed by atoms with van der Waals surface area (Å²) in [6, 6.07) is 13.5. The molecule has 1 saturated heterocycles. The summed E-state index contributed by atoms with van der Waals surface area (Å²) in [5.74, 6) is -0.942. The summed E-state index contributed by atoms with van der Waals surface area (Å²) in [5.41, 5.74) is 2.64. The van der Waals surface area contributed by atoms with Crippen molar-refractivity contribution < 1.29 is 14.0 Å². The average Bonchev–Trinajstić information content (AvgIpc) is 2.66. The molecule has 0 aliphatic carbocycles. The quantitative estimate of drug-likeness (QED) is 0.875. The Labute approximate surface area is 165 Å². The van der Waals surface area contributed by atoms with E-state index in [9.17, 15) is 14.0 Å². The third-order valence-electron chi connectivity index (χ3n) is 5.18. The predicted molar refractivity (Wildman–Crippen MR) is 107 cm³/mol. The Kier molecular flexibility index (Phi) is 5.82. The molecule has 1 unspecified atom stereocenters. The van der Waals surface area contributed by atoms with Crippen molar-refractivity contribution in [3.8, 4) is 0 Å². The minimum Gasteiger partial charge on any atom is -0.352 e. The van der Waals surface area contributed by atoms with Gasteiger partial charge in [-0.3, -0.25) is 9.59 Å². The first-order valence-corrected chi connectivity index (χ1v) is 9.68. The van der Waals surface area contributed by atoms with Crippen molar-refractivity contribution in [2.45, 2.75) is 45.1 Å². The first-order chi connectivity index (χ1) is 13.3. The molecule has 1 N–H and O–H groups in total. The maximum atomic E-state index is 14.3. The molecule has 28 heavy (non-hydrogen) atoms. The number of piperazine rings is 1. The zero-order valence-electron chi connectivity index (χ0n) is 16.7. The Bertz CT molecular complexity index is 856. The summed E-state index contributed by atoms with van der Waals surface area (Å²) in [6.45, 7) is 7.25. The number of halogens is 1. The SMILES string of the molecule is CC(C)(C)c1ccc(CCC(=O)N2CCNC(=O)C2c2ccccc2F)cc1. The van der Waals surface area contributed by atoms with Crippen molar-refractivity contribution in [2.75, 3.05) is 13.1 Å². The van der Waals surface area contributed by atoms with Crippen LogP contribution in [-0.2, 0) is 21.4 Å². The van der Waals surface area contributed by atoms with Crippen LogP contribution in [0.1, 0.15) is 49.9 Å². The van der Waals surface area contributed by atoms with Gasteiger partial charge in [-0.05, 0) is 29.0 Å². The fourth-order valence-electron chi connectivity index (χ4n) is 3.51. The van der Waals surface area contributed by atoms with Gasteiger partial charge in [-0.2, -0.15) is 0 Å². The highest BCUT2D eigenvalue weighted by molar-refractivity contribution is 5.90. The van der Waals surface area contributed by atoms with Crippen LogP contribution in [0, 0.1) is 5.82 Å². The van der Waals surface area contributed by atoms with Gasteiger partial charge in [0, 0.05) is 25.1 Å². The van der Waals surface area contributed by atoms with E-state index in [4.69, 9.17) is 0 Å². The number of aryl methyl sites for hydroxylation is 1. The van der Waals surface area contributed by atoms with Crippen LogP contribution in [0.3, 0.4) is 0 Å². The van der Waals surface area contributed by atoms with Crippen molar-refractivity contribution >= 4 is 11.8 Å². The first-order valence-electron chi connectivity index (χ1n) is 9.68. The van der Waals surface area contributed by atoms with E-state index in [1.165, 1.54) is 16.5 Å². The Morgan fingerprint density at radius 1 is 1.14 bits per heavy atom. The van der Waals surface area contributed by atoms with Crippen LogP contribution in [0.15, 0.2) is 48.5 Å². The molecule has 1 fully saturated rings. The standard InChI is InChI=1S/C23H27FN2O2/c1-23(2,3)17-11-8-16(9-12-17)10-13-20(27)26-15-14-25-22(28)21(26)18-6-4-5-7-19(18)24/h4-9,11-12,21H,10,13-15H2,1-3H3,(H,25,28). The highest BCUT2D eigenvalue weighted by Crippen LogP contribution is 2.27. The Balaban J connectivity index is 1.71. The second kappa shape index (κ2) is 8.13. The van der Waals surface area contributed by atoms with E-state index in [2.05, 4.69) is 38.2 Å². The lowest BCUT2D eigenvalue weighted by Gasteiger charge is -2.35. The Hall–Kier alpha value is -2.69. The van der Waals surface area contributed by atoms with E-state index >= 15 is 0 Å². The van der Waals surface area contributed by atoms with E-state index in [1.807, 2.05) is 12.1 Å². The van der Waals surface area contributed by atoms with Crippen LogP contribution in [-0.4, -0.2) is 29.8 Å². The second-order valence-electron chi connectivity index (χ2n) is 8.25. The maximum Gasteiger partial charge on any atom is 0.247 e. The maximum absolute atomic E-state index is 14.3. The zero-order valence-corrected chi connectivity index (χ0v) is 16.7. The van der Waals surface area contributed by atoms with Crippen LogP contribution in [0.4, 0.5) is 4.39 Å². The number of nitrogens with zero attached hydrogens (tertiary/aromatic N) is 1. The lowest BCUT2D eigenvalue weighted by Crippen LogP contribution is -2.52. The molecule has 2 amide bonds. The highest BCUT2D eigenvalue weighted by atomic mass is 19.1. The molecule has 148 valence electrons. The molecular weight excluding hydrogens is 355 g/mol. The molecule has 2 aromatic rings. The first kappa shape index (κ1) is 20.1. The number of carbonyl (C=O) groups is 2. The normalized spacial score (nSPS) is 17.4. The third kappa shape index (κ3) is 4.41. The Morgan fingerprint density at radius 2 is 1.82 bits per heavy atom. The molecular formula is C23H27FN2O2. The minimum absolute atomic E-state index is 0.0858. The lowest BCUT2D eigenvalue weighted by atomic mass is 9.86. The van der Waals surface area contributed by atoms with Crippen LogP contribution < -0.4 is 5.32 Å². The van der Waals surface area contributed by atoms with Crippen molar-refractivity contribution in [3.63, 3.8) is 0 Å². The van der Waals surface area contributed by atoms with Gasteiger partial charge in [0.15, 0.2) is 0 Å². The summed E-state index contributed by atoms with van der Waals surface area (Å²) in [5, 5.41) is 2.74. The molecule has 0 aromatic heterocycles. The number of nitrogens with one attached hydrogen (secondary N) is 1. The van der Waals surface area contributed by atoms with Gasteiger partial charge in [0.1, 0.15) is 11.9 Å². The molecule has 1 atom stereocenters. The van der Waals surface area contributed by atoms with Crippen LogP contribution >= 0.6 is 0 Å². The summed E-state index contributed by atoms with van der Waals surface area (Å²) in [4.78, 5) is 26.8. The van der Waals surface area contributed by atoms with Crippen molar-refractivity contribution in [3.05, 3.63) is 71.0 Å². The van der Waals surface area contributed by atoms with E-state index in [1.54, 1.807) is 18.2 Å². The van der Waals surface area contributed by atoms with Gasteiger partial charge < -0.3 is 10.2 Å². The monoisotopic (exact) mass is 382 g/mol. The topological polar surface area (TPSA) is 49.4 Å². The average molecular weight is 382 g/mol. The van der Waals surface area contributed by atoms with Crippen LogP contribution in [0.5, 0.6) is 0 Å². The molecule has 0 spiro atoms. The number of hydrogen-bond donors (Lipinski definition) is 1. The summed E-state index contributed by atoms with van der Waals surface area (Å²) < 4.78 is 14.3. The van der Waals surface area contributed by atoms with Gasteiger partial charge >= 0.3 is 0 Å². The molecule has 1 aliphatic heterocycles. The van der Waals surface area contributed by atoms with Crippen LogP contribution in [0.25, 0.3) is 0 Å². The van der Waals surface area contributed by atoms with E-state index in [0.29, 0.717) is 19.5 Å². The molecule has 0 radical (unpaired) electrons. The molecule has 1 aliphatic rings. The fourth-order valence-corrected chi connectivity index (χ4v) is 3.51. The van der Waals surface area contributed by atoms with Gasteiger partial charge in [-0.1, -0.05) is 63.2 Å². The highest BCUT2D eigenvalue weighted by Gasteiger charge is 2.35. The zero-order chi connectivity index (χ0) is 20.3. The number of carbonyl (C=O) groups excluding carboxylic acids is 2. The van der Waals surface area contributed by atoms with E-state index in [0.717, 1.165) is 5.56 Å². The number of rotatable bonds is 4. The lowest BCUT2D eigenvalue weighted by molar-refractivity contribution is -0.143. The Morgan fingerprint density at radius 3 is 2.46 bits per heavy atom. The summed E-state index contributed by atoms with van der Waals surface area (Å²) in [7, 11) is 0. The van der Waals surface area contributed by atoms with Gasteiger partial charge in [-0.15, -0.1) is 0 Å². The number of hydrogen-bond acceptors (Lipinski definition) is 2. The van der Waals surface area contributed by atoms with Crippen LogP contribution in [0.2, 0.25) is 0 Å². The summed E-state index contributed by atoms with van der Waals surface area (Å²) >= 11 is 0. The van der Waals surface area contributed by atoms with E-state index < -0.39 is 11.9 Å². The molecule has 4 nitrogen and oxygen atoms in total. The van der Waals surface area contributed by atoms with Crippen molar-refractivity contribution in [2.24, 2.45) is 0 Å². The van der Waals surface area contributed by atoms with Gasteiger partial charge in [0.05, 0.1) is 0 Å². The molecule has 0 bridgehead atoms. The molecule has 3 rings (SSSR count). The van der Waals surface area contributed by atoms with Crippen molar-refractivity contribution in [1.29, 1.82) is 0 Å². The fraction of sp³-hybridized carbons (Fsp3) is 0.391. The van der Waals surface area contributed by atoms with Gasteiger partial charge in [0.2, 0.25) is 11.8 Å². The predicted octanol–water partition coefficient (Wildman–Crippen LogP) is 3.76. The summed E-state index contributed by atoms with van der Waals surface area (Å²) in [6.07, 6.45) is 0.873.